The third-order valence-corrected chi connectivity index (χ3v) is 9.31. The Bertz CT molecular complexity index is 1090. The minimum Gasteiger partial charge on any atom is -0.460 e. The lowest BCUT2D eigenvalue weighted by atomic mass is 9.60. The van der Waals surface area contributed by atoms with Crippen LogP contribution in [0.1, 0.15) is 71.4 Å². The predicted octanol–water partition coefficient (Wildman–Crippen LogP) is 6.45. The van der Waals surface area contributed by atoms with Crippen molar-refractivity contribution in [2.45, 2.75) is 97.8 Å². The molecule has 40 heavy (non-hydrogen) atoms. The molecule has 0 heterocycles. The van der Waals surface area contributed by atoms with Gasteiger partial charge in [0, 0.05) is 0 Å². The quantitative estimate of drug-likeness (QED) is 0.248. The number of hydrogen-bond donors (Lipinski definition) is 1. The Hall–Kier alpha value is -2.48. The molecule has 2 aromatic rings. The first-order chi connectivity index (χ1) is 18.8. The highest BCUT2D eigenvalue weighted by atomic mass is 28.3. The van der Waals surface area contributed by atoms with E-state index in [1.54, 1.807) is 13.8 Å². The van der Waals surface area contributed by atoms with Crippen molar-refractivity contribution in [3.05, 3.63) is 71.8 Å². The molecule has 0 amide bonds. The topological polar surface area (TPSA) is 82.1 Å². The number of esters is 2. The minimum atomic E-state index is -2.14. The molecule has 2 unspecified atom stereocenters. The molecule has 0 radical (unpaired) electrons. The number of hydrogen-bond acceptors (Lipinski definition) is 6. The number of ether oxygens (including phenoxy) is 2. The fourth-order valence-corrected chi connectivity index (χ4v) is 7.36. The summed E-state index contributed by atoms with van der Waals surface area (Å²) in [6.07, 6.45) is 2.79. The van der Waals surface area contributed by atoms with E-state index in [0.717, 1.165) is 24.0 Å². The summed E-state index contributed by atoms with van der Waals surface area (Å²) < 4.78 is 18.4. The first-order valence-corrected chi connectivity index (χ1v) is 17.4. The Labute approximate surface area is 242 Å². The summed E-state index contributed by atoms with van der Waals surface area (Å²) in [5.41, 5.74) is -1.43. The molecule has 2 aromatic carbocycles. The van der Waals surface area contributed by atoms with E-state index in [4.69, 9.17) is 13.9 Å². The van der Waals surface area contributed by atoms with Crippen LogP contribution in [0.2, 0.25) is 13.1 Å². The van der Waals surface area contributed by atoms with Crippen molar-refractivity contribution in [1.29, 1.82) is 0 Å². The van der Waals surface area contributed by atoms with Crippen molar-refractivity contribution in [3.63, 3.8) is 0 Å². The van der Waals surface area contributed by atoms with Crippen molar-refractivity contribution in [1.82, 2.24) is 0 Å². The normalized spacial score (nSPS) is 22.0. The van der Waals surface area contributed by atoms with Gasteiger partial charge in [0.25, 0.3) is 0 Å². The van der Waals surface area contributed by atoms with Crippen LogP contribution in [0.4, 0.5) is 0 Å². The molecule has 0 bridgehead atoms. The van der Waals surface area contributed by atoms with Crippen LogP contribution < -0.4 is 0 Å². The molecule has 3 rings (SSSR count). The van der Waals surface area contributed by atoms with Crippen LogP contribution in [0.15, 0.2) is 60.7 Å². The van der Waals surface area contributed by atoms with Gasteiger partial charge in [0.1, 0.15) is 19.1 Å². The first kappa shape index (κ1) is 32.0. The van der Waals surface area contributed by atoms with Gasteiger partial charge in [0.2, 0.25) is 0 Å². The van der Waals surface area contributed by atoms with Crippen LogP contribution in [0, 0.1) is 23.2 Å². The van der Waals surface area contributed by atoms with Gasteiger partial charge in [-0.2, -0.15) is 0 Å². The lowest BCUT2D eigenvalue weighted by Crippen LogP contribution is -2.65. The fourth-order valence-electron chi connectivity index (χ4n) is 6.05. The van der Waals surface area contributed by atoms with Gasteiger partial charge < -0.3 is 19.0 Å². The number of carbonyl (C=O) groups is 2. The van der Waals surface area contributed by atoms with Gasteiger partial charge in [-0.1, -0.05) is 95.3 Å². The van der Waals surface area contributed by atoms with E-state index in [9.17, 15) is 14.7 Å². The van der Waals surface area contributed by atoms with Crippen LogP contribution in [0.3, 0.4) is 0 Å². The van der Waals surface area contributed by atoms with E-state index in [-0.39, 0.29) is 18.6 Å². The highest BCUT2D eigenvalue weighted by Crippen LogP contribution is 2.50. The Kier molecular flexibility index (Phi) is 10.8. The summed E-state index contributed by atoms with van der Waals surface area (Å²) >= 11 is 0. The summed E-state index contributed by atoms with van der Waals surface area (Å²) in [7, 11) is -1.72. The van der Waals surface area contributed by atoms with E-state index < -0.39 is 44.0 Å². The Morgan fingerprint density at radius 2 is 1.38 bits per heavy atom. The molecule has 6 nitrogen and oxygen atoms in total. The van der Waals surface area contributed by atoms with Gasteiger partial charge in [0.05, 0.1) is 5.60 Å². The second-order valence-corrected chi connectivity index (χ2v) is 15.3. The largest absolute Gasteiger partial charge is 0.460 e. The van der Waals surface area contributed by atoms with Gasteiger partial charge in [-0.3, -0.25) is 4.79 Å². The molecule has 1 N–H and O–H groups in total. The number of aliphatic hydroxyl groups is 1. The van der Waals surface area contributed by atoms with Gasteiger partial charge in [-0.15, -0.1) is 0 Å². The molecule has 2 atom stereocenters. The fraction of sp³-hybridized carbons (Fsp3) is 0.576. The molecule has 0 aromatic heterocycles. The SMILES string of the molecule is CC(C)C(O)(C(=O)OCc1ccccc1)C(C(=O)OCc1ccccc1)[C@]1(O[SiH](C)C)CC[C@H](C(C)(C)C)CC1. The van der Waals surface area contributed by atoms with Gasteiger partial charge in [0.15, 0.2) is 14.6 Å². The van der Waals surface area contributed by atoms with Gasteiger partial charge in [-0.25, -0.2) is 4.79 Å². The van der Waals surface area contributed by atoms with Crippen LogP contribution in [-0.2, 0) is 36.7 Å². The Morgan fingerprint density at radius 1 is 0.900 bits per heavy atom. The molecular weight excluding hydrogens is 520 g/mol. The molecule has 1 aliphatic carbocycles. The number of rotatable bonds is 11. The van der Waals surface area contributed by atoms with E-state index in [1.165, 1.54) is 0 Å². The maximum atomic E-state index is 14.2. The molecule has 220 valence electrons. The molecular formula is C33H48O6Si. The zero-order valence-electron chi connectivity index (χ0n) is 25.3. The second-order valence-electron chi connectivity index (χ2n) is 12.9. The van der Waals surface area contributed by atoms with Crippen molar-refractivity contribution >= 4 is 21.0 Å². The smallest absolute Gasteiger partial charge is 0.339 e. The lowest BCUT2D eigenvalue weighted by molar-refractivity contribution is -0.211. The predicted molar refractivity (Wildman–Crippen MR) is 160 cm³/mol. The summed E-state index contributed by atoms with van der Waals surface area (Å²) in [6.45, 7) is 14.4. The number of carbonyl (C=O) groups excluding carboxylic acids is 2. The maximum Gasteiger partial charge on any atom is 0.339 e. The van der Waals surface area contributed by atoms with Crippen molar-refractivity contribution in [2.75, 3.05) is 0 Å². The third kappa shape index (κ3) is 7.62. The molecule has 1 aliphatic rings. The maximum absolute atomic E-state index is 14.2. The third-order valence-electron chi connectivity index (χ3n) is 8.37. The summed E-state index contributed by atoms with van der Waals surface area (Å²) in [5.74, 6) is -2.86. The molecule has 1 fully saturated rings. The Morgan fingerprint density at radius 3 is 1.80 bits per heavy atom. The summed E-state index contributed by atoms with van der Waals surface area (Å²) in [5, 5.41) is 12.4. The lowest BCUT2D eigenvalue weighted by Gasteiger charge is -2.52. The van der Waals surface area contributed by atoms with Crippen molar-refractivity contribution < 1.29 is 28.6 Å². The average Bonchev–Trinajstić information content (AvgIpc) is 2.91. The van der Waals surface area contributed by atoms with Crippen LogP contribution in [0.25, 0.3) is 0 Å². The van der Waals surface area contributed by atoms with Gasteiger partial charge >= 0.3 is 11.9 Å². The van der Waals surface area contributed by atoms with Crippen LogP contribution >= 0.6 is 0 Å². The molecule has 7 heteroatoms. The number of benzene rings is 2. The van der Waals surface area contributed by atoms with E-state index in [0.29, 0.717) is 18.8 Å². The average molecular weight is 569 g/mol. The molecule has 0 spiro atoms. The molecule has 0 saturated heterocycles. The standard InChI is InChI=1S/C33H48O6Si/c1-24(2)33(36,30(35)38-23-26-16-12-9-13-17-26)28(29(34)37-22-25-14-10-8-11-15-25)32(39-40(6)7)20-18-27(19-21-32)31(3,4)5/h8-17,24,27-28,36,40H,18-23H2,1-7H3/t27-,28?,32-,33?. The zero-order valence-corrected chi connectivity index (χ0v) is 26.5. The first-order valence-electron chi connectivity index (χ1n) is 14.6. The van der Waals surface area contributed by atoms with Crippen LogP contribution in [-0.4, -0.2) is 37.3 Å². The van der Waals surface area contributed by atoms with Crippen molar-refractivity contribution in [3.8, 4) is 0 Å². The van der Waals surface area contributed by atoms with Crippen LogP contribution in [0.5, 0.6) is 0 Å². The minimum absolute atomic E-state index is 0.000623. The zero-order chi connectivity index (χ0) is 29.6. The monoisotopic (exact) mass is 568 g/mol. The summed E-state index contributed by atoms with van der Waals surface area (Å²) in [4.78, 5) is 28.0. The highest BCUT2D eigenvalue weighted by Gasteiger charge is 2.62. The van der Waals surface area contributed by atoms with Gasteiger partial charge in [-0.05, 0) is 67.2 Å². The van der Waals surface area contributed by atoms with E-state index in [1.807, 2.05) is 60.7 Å². The summed E-state index contributed by atoms with van der Waals surface area (Å²) in [6, 6.07) is 18.8. The van der Waals surface area contributed by atoms with E-state index in [2.05, 4.69) is 33.9 Å². The Balaban J connectivity index is 2.03. The van der Waals surface area contributed by atoms with Crippen molar-refractivity contribution in [2.24, 2.45) is 23.2 Å². The molecule has 0 aliphatic heterocycles. The van der Waals surface area contributed by atoms with E-state index >= 15 is 0 Å². The highest BCUT2D eigenvalue weighted by molar-refractivity contribution is 6.48. The molecule has 1 saturated carbocycles. The second kappa shape index (κ2) is 13.5.